The first-order chi connectivity index (χ1) is 5.61. The van der Waals surface area contributed by atoms with Crippen molar-refractivity contribution in [3.8, 4) is 0 Å². The summed E-state index contributed by atoms with van der Waals surface area (Å²) in [5.74, 6) is 0.645. The largest absolute Gasteiger partial charge is 0.355 e. The van der Waals surface area contributed by atoms with Gasteiger partial charge in [0.2, 0.25) is 5.91 Å². The first kappa shape index (κ1) is 11.8. The van der Waals surface area contributed by atoms with E-state index in [9.17, 15) is 4.79 Å². The lowest BCUT2D eigenvalue weighted by Gasteiger charge is -2.13. The zero-order valence-corrected chi connectivity index (χ0v) is 9.03. The van der Waals surface area contributed by atoms with Gasteiger partial charge in [0.15, 0.2) is 0 Å². The molecular weight excluding hydrogens is 170 g/mol. The van der Waals surface area contributed by atoms with E-state index in [0.717, 1.165) is 19.4 Å². The van der Waals surface area contributed by atoms with Crippen molar-refractivity contribution in [2.45, 2.75) is 38.9 Å². The topological polar surface area (TPSA) is 29.1 Å². The quantitative estimate of drug-likeness (QED) is 0.635. The van der Waals surface area contributed by atoms with Crippen molar-refractivity contribution in [2.75, 3.05) is 6.54 Å². The van der Waals surface area contributed by atoms with Gasteiger partial charge in [0, 0.05) is 6.54 Å². The zero-order chi connectivity index (χ0) is 9.56. The summed E-state index contributed by atoms with van der Waals surface area (Å²) in [5.41, 5.74) is 0. The maximum Gasteiger partial charge on any atom is 0.232 e. The molecular formula is C9H19NOS. The molecule has 0 aromatic rings. The molecule has 1 atom stereocenters. The monoisotopic (exact) mass is 189 g/mol. The molecule has 0 bridgehead atoms. The summed E-state index contributed by atoms with van der Waals surface area (Å²) in [6.07, 6.45) is 2.25. The summed E-state index contributed by atoms with van der Waals surface area (Å²) in [6.45, 7) is 6.86. The number of hydrogen-bond donors (Lipinski definition) is 2. The second kappa shape index (κ2) is 6.35. The number of thiol groups is 1. The lowest BCUT2D eigenvalue weighted by molar-refractivity contribution is -0.120. The third kappa shape index (κ3) is 4.65. The fourth-order valence-electron chi connectivity index (χ4n) is 0.970. The van der Waals surface area contributed by atoms with E-state index >= 15 is 0 Å². The van der Waals surface area contributed by atoms with Crippen LogP contribution in [-0.4, -0.2) is 17.7 Å². The minimum absolute atomic E-state index is 0.0326. The van der Waals surface area contributed by atoms with E-state index in [1.165, 1.54) is 0 Å². The Hall–Kier alpha value is -0.180. The Kier molecular flexibility index (Phi) is 6.25. The Labute approximate surface area is 80.5 Å². The van der Waals surface area contributed by atoms with Crippen molar-refractivity contribution in [3.63, 3.8) is 0 Å². The number of nitrogens with one attached hydrogen (secondary N) is 1. The van der Waals surface area contributed by atoms with Crippen LogP contribution in [0.4, 0.5) is 0 Å². The Morgan fingerprint density at radius 1 is 1.42 bits per heavy atom. The van der Waals surface area contributed by atoms with E-state index in [1.54, 1.807) is 6.92 Å². The van der Waals surface area contributed by atoms with Crippen molar-refractivity contribution < 1.29 is 4.79 Å². The van der Waals surface area contributed by atoms with Crippen molar-refractivity contribution in [3.05, 3.63) is 0 Å². The molecule has 1 unspecified atom stereocenters. The molecule has 72 valence electrons. The normalized spacial score (nSPS) is 13.1. The van der Waals surface area contributed by atoms with Crippen LogP contribution >= 0.6 is 12.6 Å². The van der Waals surface area contributed by atoms with Gasteiger partial charge in [-0.05, 0) is 12.8 Å². The second-order valence-corrected chi connectivity index (χ2v) is 3.88. The highest BCUT2D eigenvalue weighted by Gasteiger charge is 2.09. The molecule has 12 heavy (non-hydrogen) atoms. The number of rotatable bonds is 5. The van der Waals surface area contributed by atoms with Gasteiger partial charge in [0.25, 0.3) is 0 Å². The maximum atomic E-state index is 11.1. The van der Waals surface area contributed by atoms with Gasteiger partial charge in [-0.1, -0.05) is 26.7 Å². The molecule has 0 saturated heterocycles. The minimum atomic E-state index is -0.195. The molecule has 0 fully saturated rings. The SMILES string of the molecule is CCC(CC)CNC(=O)C(C)S. The van der Waals surface area contributed by atoms with Crippen molar-refractivity contribution >= 4 is 18.5 Å². The Morgan fingerprint density at radius 3 is 2.25 bits per heavy atom. The third-order valence-corrected chi connectivity index (χ3v) is 2.33. The number of hydrogen-bond acceptors (Lipinski definition) is 2. The third-order valence-electron chi connectivity index (χ3n) is 2.10. The van der Waals surface area contributed by atoms with Crippen LogP contribution < -0.4 is 5.32 Å². The second-order valence-electron chi connectivity index (χ2n) is 3.10. The van der Waals surface area contributed by atoms with Gasteiger partial charge in [-0.25, -0.2) is 0 Å². The fourth-order valence-corrected chi connectivity index (χ4v) is 1.06. The number of carbonyl (C=O) groups excluding carboxylic acids is 1. The van der Waals surface area contributed by atoms with Crippen molar-refractivity contribution in [1.29, 1.82) is 0 Å². The van der Waals surface area contributed by atoms with Crippen molar-refractivity contribution in [2.24, 2.45) is 5.92 Å². The summed E-state index contributed by atoms with van der Waals surface area (Å²) in [7, 11) is 0. The smallest absolute Gasteiger partial charge is 0.232 e. The Balaban J connectivity index is 3.59. The summed E-state index contributed by atoms with van der Waals surface area (Å²) in [5, 5.41) is 2.67. The van der Waals surface area contributed by atoms with E-state index < -0.39 is 0 Å². The van der Waals surface area contributed by atoms with Gasteiger partial charge < -0.3 is 5.32 Å². The van der Waals surface area contributed by atoms with Crippen LogP contribution in [0.25, 0.3) is 0 Å². The van der Waals surface area contributed by atoms with Crippen molar-refractivity contribution in [1.82, 2.24) is 5.32 Å². The summed E-state index contributed by atoms with van der Waals surface area (Å²) >= 11 is 4.04. The lowest BCUT2D eigenvalue weighted by Crippen LogP contribution is -2.33. The molecule has 1 amide bonds. The molecule has 0 aliphatic heterocycles. The van der Waals surface area contributed by atoms with Crippen LogP contribution in [-0.2, 0) is 4.79 Å². The van der Waals surface area contributed by atoms with Crippen LogP contribution in [0.5, 0.6) is 0 Å². The average Bonchev–Trinajstić information content (AvgIpc) is 2.05. The molecule has 0 rings (SSSR count). The molecule has 0 radical (unpaired) electrons. The maximum absolute atomic E-state index is 11.1. The summed E-state index contributed by atoms with van der Waals surface area (Å²) < 4.78 is 0. The first-order valence-electron chi connectivity index (χ1n) is 4.57. The van der Waals surface area contributed by atoms with Crippen LogP contribution in [0.2, 0.25) is 0 Å². The predicted molar refractivity (Wildman–Crippen MR) is 55.5 cm³/mol. The van der Waals surface area contributed by atoms with E-state index in [1.807, 2.05) is 0 Å². The zero-order valence-electron chi connectivity index (χ0n) is 8.13. The molecule has 1 N–H and O–H groups in total. The fraction of sp³-hybridized carbons (Fsp3) is 0.889. The van der Waals surface area contributed by atoms with E-state index in [4.69, 9.17) is 0 Å². The number of amides is 1. The molecule has 3 heteroatoms. The van der Waals surface area contributed by atoms with Crippen LogP contribution in [0, 0.1) is 5.92 Å². The average molecular weight is 189 g/mol. The Bertz CT molecular complexity index is 132. The van der Waals surface area contributed by atoms with Gasteiger partial charge in [-0.2, -0.15) is 12.6 Å². The van der Waals surface area contributed by atoms with Gasteiger partial charge in [-0.15, -0.1) is 0 Å². The summed E-state index contributed by atoms with van der Waals surface area (Å²) in [6, 6.07) is 0. The van der Waals surface area contributed by atoms with Crippen LogP contribution in [0.3, 0.4) is 0 Å². The van der Waals surface area contributed by atoms with Crippen LogP contribution in [0.15, 0.2) is 0 Å². The highest BCUT2D eigenvalue weighted by molar-refractivity contribution is 7.81. The predicted octanol–water partition coefficient (Wildman–Crippen LogP) is 1.86. The molecule has 0 aromatic heterocycles. The first-order valence-corrected chi connectivity index (χ1v) is 5.09. The molecule has 0 aromatic carbocycles. The molecule has 0 spiro atoms. The Morgan fingerprint density at radius 2 is 1.92 bits per heavy atom. The van der Waals surface area contributed by atoms with Crippen LogP contribution in [0.1, 0.15) is 33.6 Å². The van der Waals surface area contributed by atoms with E-state index in [0.29, 0.717) is 5.92 Å². The molecule has 2 nitrogen and oxygen atoms in total. The number of carbonyl (C=O) groups is 1. The highest BCUT2D eigenvalue weighted by Crippen LogP contribution is 2.05. The minimum Gasteiger partial charge on any atom is -0.355 e. The molecule has 0 heterocycles. The van der Waals surface area contributed by atoms with E-state index in [2.05, 4.69) is 31.8 Å². The highest BCUT2D eigenvalue weighted by atomic mass is 32.1. The molecule has 0 aliphatic rings. The molecule has 0 aliphatic carbocycles. The van der Waals surface area contributed by atoms with Gasteiger partial charge in [0.1, 0.15) is 0 Å². The van der Waals surface area contributed by atoms with Gasteiger partial charge in [-0.3, -0.25) is 4.79 Å². The van der Waals surface area contributed by atoms with E-state index in [-0.39, 0.29) is 11.2 Å². The van der Waals surface area contributed by atoms with Gasteiger partial charge >= 0.3 is 0 Å². The summed E-state index contributed by atoms with van der Waals surface area (Å²) in [4.78, 5) is 11.1. The standard InChI is InChI=1S/C9H19NOS/c1-4-8(5-2)6-10-9(11)7(3)12/h7-8,12H,4-6H2,1-3H3,(H,10,11). The molecule has 0 saturated carbocycles. The lowest BCUT2D eigenvalue weighted by atomic mass is 10.0. The van der Waals surface area contributed by atoms with Gasteiger partial charge in [0.05, 0.1) is 5.25 Å².